The quantitative estimate of drug-likeness (QED) is 0.327. The first-order valence-corrected chi connectivity index (χ1v) is 14.9. The molecule has 2 aromatic carbocycles. The zero-order chi connectivity index (χ0) is 24.4. The van der Waals surface area contributed by atoms with Crippen LogP contribution in [-0.4, -0.2) is 36.5 Å². The maximum Gasteiger partial charge on any atom is 0.268 e. The Bertz CT molecular complexity index is 1120. The van der Waals surface area contributed by atoms with Crippen molar-refractivity contribution in [3.63, 3.8) is 0 Å². The fourth-order valence-corrected chi connectivity index (χ4v) is 5.39. The van der Waals surface area contributed by atoms with Crippen LogP contribution in [0.2, 0.25) is 18.1 Å². The molecule has 2 atom stereocenters. The monoisotopic (exact) mass is 531 g/mol. The van der Waals surface area contributed by atoms with Crippen LogP contribution in [0.1, 0.15) is 50.6 Å². The van der Waals surface area contributed by atoms with Crippen LogP contribution in [0.15, 0.2) is 53.4 Å². The highest BCUT2D eigenvalue weighted by Gasteiger charge is 2.40. The molecule has 178 valence electrons. The molecular formula is C25H34BrN3O3Si. The summed E-state index contributed by atoms with van der Waals surface area (Å²) in [4.78, 5) is 15.8. The van der Waals surface area contributed by atoms with E-state index in [9.17, 15) is 4.79 Å². The van der Waals surface area contributed by atoms with Crippen molar-refractivity contribution in [2.24, 2.45) is 5.73 Å². The SMILES string of the molecule is CC(O[Si](C)(C)C(C)(C)C)C(CCOc1ccc2ccc(Br)cc2c1)n1cnc(C(N)=O)c1. The molecule has 6 nitrogen and oxygen atoms in total. The second kappa shape index (κ2) is 9.99. The number of imidazole rings is 1. The van der Waals surface area contributed by atoms with Gasteiger partial charge in [-0.3, -0.25) is 4.79 Å². The molecule has 0 aliphatic heterocycles. The summed E-state index contributed by atoms with van der Waals surface area (Å²) in [6.07, 6.45) is 3.97. The minimum absolute atomic E-state index is 0.0469. The van der Waals surface area contributed by atoms with Gasteiger partial charge in [0.2, 0.25) is 0 Å². The normalized spacial score (nSPS) is 14.3. The molecular weight excluding hydrogens is 498 g/mol. The van der Waals surface area contributed by atoms with Crippen molar-refractivity contribution in [2.75, 3.05) is 6.61 Å². The number of primary amides is 1. The van der Waals surface area contributed by atoms with Gasteiger partial charge in [0.05, 0.1) is 25.1 Å². The zero-order valence-electron chi connectivity index (χ0n) is 20.3. The standard InChI is InChI=1S/C25H34BrN3O3Si/c1-17(32-33(5,6)25(2,3)4)23(29-15-22(24(27)30)28-16-29)11-12-31-21-10-8-18-7-9-20(26)13-19(18)14-21/h7-10,13-17,23H,11-12H2,1-6H3,(H2,27,30). The molecule has 33 heavy (non-hydrogen) atoms. The lowest BCUT2D eigenvalue weighted by atomic mass is 10.1. The van der Waals surface area contributed by atoms with Crippen LogP contribution >= 0.6 is 15.9 Å². The van der Waals surface area contributed by atoms with E-state index in [1.165, 1.54) is 0 Å². The minimum Gasteiger partial charge on any atom is -0.493 e. The maximum atomic E-state index is 11.6. The Labute approximate surface area is 205 Å². The van der Waals surface area contributed by atoms with Gasteiger partial charge in [0, 0.05) is 17.1 Å². The van der Waals surface area contributed by atoms with E-state index in [0.717, 1.165) is 21.0 Å². The van der Waals surface area contributed by atoms with Crippen molar-refractivity contribution in [3.8, 4) is 5.75 Å². The van der Waals surface area contributed by atoms with Gasteiger partial charge in [0.25, 0.3) is 5.91 Å². The molecule has 0 spiro atoms. The van der Waals surface area contributed by atoms with Gasteiger partial charge in [0.15, 0.2) is 8.32 Å². The Morgan fingerprint density at radius 2 is 1.88 bits per heavy atom. The third-order valence-corrected chi connectivity index (χ3v) is 11.6. The highest BCUT2D eigenvalue weighted by Crippen LogP contribution is 2.39. The lowest BCUT2D eigenvalue weighted by molar-refractivity contribution is 0.0994. The molecule has 3 rings (SSSR count). The van der Waals surface area contributed by atoms with Crippen LogP contribution in [-0.2, 0) is 4.43 Å². The van der Waals surface area contributed by atoms with Gasteiger partial charge in [-0.05, 0) is 60.1 Å². The number of aromatic nitrogens is 2. The highest BCUT2D eigenvalue weighted by molar-refractivity contribution is 9.10. The third-order valence-electron chi connectivity index (χ3n) is 6.52. The van der Waals surface area contributed by atoms with Crippen LogP contribution in [0.4, 0.5) is 0 Å². The van der Waals surface area contributed by atoms with Gasteiger partial charge < -0.3 is 19.5 Å². The summed E-state index contributed by atoms with van der Waals surface area (Å²) in [5.74, 6) is 0.282. The maximum absolute atomic E-state index is 11.6. The predicted molar refractivity (Wildman–Crippen MR) is 139 cm³/mol. The summed E-state index contributed by atoms with van der Waals surface area (Å²) in [6, 6.07) is 12.2. The second-order valence-corrected chi connectivity index (χ2v) is 15.7. The molecule has 3 aromatic rings. The number of ether oxygens (including phenoxy) is 1. The fraction of sp³-hybridized carbons (Fsp3) is 0.440. The Hall–Kier alpha value is -2.16. The minimum atomic E-state index is -1.99. The largest absolute Gasteiger partial charge is 0.493 e. The molecule has 0 fully saturated rings. The molecule has 0 saturated heterocycles. The summed E-state index contributed by atoms with van der Waals surface area (Å²) in [6.45, 7) is 13.8. The molecule has 0 saturated carbocycles. The Balaban J connectivity index is 1.76. The Kier molecular flexibility index (Phi) is 7.71. The molecule has 1 amide bonds. The lowest BCUT2D eigenvalue weighted by Gasteiger charge is -2.40. The number of hydrogen-bond donors (Lipinski definition) is 1. The summed E-state index contributed by atoms with van der Waals surface area (Å²) in [5.41, 5.74) is 5.68. The number of benzene rings is 2. The fourth-order valence-electron chi connectivity index (χ4n) is 3.57. The van der Waals surface area contributed by atoms with Crippen molar-refractivity contribution < 1.29 is 14.0 Å². The summed E-state index contributed by atoms with van der Waals surface area (Å²) in [7, 11) is -1.99. The van der Waals surface area contributed by atoms with E-state index in [1.807, 2.05) is 22.8 Å². The van der Waals surface area contributed by atoms with E-state index in [4.69, 9.17) is 14.9 Å². The first-order chi connectivity index (χ1) is 15.4. The molecule has 1 heterocycles. The molecule has 2 unspecified atom stereocenters. The molecule has 0 bridgehead atoms. The highest BCUT2D eigenvalue weighted by atomic mass is 79.9. The summed E-state index contributed by atoms with van der Waals surface area (Å²) < 4.78 is 15.8. The number of hydrogen-bond acceptors (Lipinski definition) is 4. The number of rotatable bonds is 9. The van der Waals surface area contributed by atoms with E-state index in [1.54, 1.807) is 12.5 Å². The van der Waals surface area contributed by atoms with E-state index < -0.39 is 14.2 Å². The summed E-state index contributed by atoms with van der Waals surface area (Å²) >= 11 is 3.53. The smallest absolute Gasteiger partial charge is 0.268 e. The number of carbonyl (C=O) groups is 1. The van der Waals surface area contributed by atoms with Crippen molar-refractivity contribution in [1.82, 2.24) is 9.55 Å². The average molecular weight is 533 g/mol. The average Bonchev–Trinajstić information content (AvgIpc) is 3.19. The van der Waals surface area contributed by atoms with Crippen LogP contribution in [0.25, 0.3) is 10.8 Å². The predicted octanol–water partition coefficient (Wildman–Crippen LogP) is 6.32. The lowest BCUT2D eigenvalue weighted by Crippen LogP contribution is -2.45. The van der Waals surface area contributed by atoms with Crippen LogP contribution in [0, 0.1) is 0 Å². The van der Waals surface area contributed by atoms with E-state index >= 15 is 0 Å². The van der Waals surface area contributed by atoms with Gasteiger partial charge in [-0.2, -0.15) is 0 Å². The van der Waals surface area contributed by atoms with Gasteiger partial charge in [-0.1, -0.05) is 48.8 Å². The zero-order valence-corrected chi connectivity index (χ0v) is 22.8. The van der Waals surface area contributed by atoms with Gasteiger partial charge in [-0.15, -0.1) is 0 Å². The van der Waals surface area contributed by atoms with Crippen molar-refractivity contribution in [2.45, 2.75) is 64.4 Å². The van der Waals surface area contributed by atoms with Crippen molar-refractivity contribution in [1.29, 1.82) is 0 Å². The topological polar surface area (TPSA) is 79.4 Å². The number of amides is 1. The van der Waals surface area contributed by atoms with Gasteiger partial charge in [-0.25, -0.2) is 4.98 Å². The Morgan fingerprint density at radius 1 is 1.18 bits per heavy atom. The molecule has 0 aliphatic rings. The van der Waals surface area contributed by atoms with Crippen LogP contribution in [0.5, 0.6) is 5.75 Å². The number of nitrogens with zero attached hydrogens (tertiary/aromatic N) is 2. The number of halogens is 1. The van der Waals surface area contributed by atoms with E-state index in [2.05, 4.69) is 79.9 Å². The third kappa shape index (κ3) is 6.25. The van der Waals surface area contributed by atoms with Crippen LogP contribution < -0.4 is 10.5 Å². The molecule has 2 N–H and O–H groups in total. The number of carbonyl (C=O) groups excluding carboxylic acids is 1. The Morgan fingerprint density at radius 3 is 2.52 bits per heavy atom. The first kappa shape index (κ1) is 25.5. The molecule has 0 aliphatic carbocycles. The first-order valence-electron chi connectivity index (χ1n) is 11.2. The van der Waals surface area contributed by atoms with Crippen molar-refractivity contribution in [3.05, 3.63) is 59.1 Å². The number of fused-ring (bicyclic) bond motifs is 1. The van der Waals surface area contributed by atoms with E-state index in [-0.39, 0.29) is 22.9 Å². The number of nitrogens with two attached hydrogens (primary N) is 1. The second-order valence-electron chi connectivity index (χ2n) is 10.0. The van der Waals surface area contributed by atoms with Crippen LogP contribution in [0.3, 0.4) is 0 Å². The van der Waals surface area contributed by atoms with E-state index in [0.29, 0.717) is 13.0 Å². The van der Waals surface area contributed by atoms with Gasteiger partial charge in [0.1, 0.15) is 11.4 Å². The van der Waals surface area contributed by atoms with Gasteiger partial charge >= 0.3 is 0 Å². The van der Waals surface area contributed by atoms with Crippen molar-refractivity contribution >= 4 is 40.9 Å². The molecule has 8 heteroatoms. The molecule has 1 aromatic heterocycles. The summed E-state index contributed by atoms with van der Waals surface area (Å²) in [5, 5.41) is 2.38. The molecule has 0 radical (unpaired) electrons.